The summed E-state index contributed by atoms with van der Waals surface area (Å²) in [6.45, 7) is 0. The molecule has 0 aliphatic heterocycles. The van der Waals surface area contributed by atoms with Gasteiger partial charge in [0.05, 0.1) is 9.94 Å². The molecule has 0 amide bonds. The molecule has 9 rings (SSSR count). The average molecular weight is 593 g/mol. The molecule has 6 aromatic rings. The van der Waals surface area contributed by atoms with Crippen LogP contribution in [0.3, 0.4) is 0 Å². The lowest BCUT2D eigenvalue weighted by Gasteiger charge is -2.04. The van der Waals surface area contributed by atoms with Crippen LogP contribution in [0, 0.1) is 20.8 Å². The molecule has 0 radical (unpaired) electrons. The maximum absolute atomic E-state index is 11.5. The van der Waals surface area contributed by atoms with E-state index in [1.54, 1.807) is 12.1 Å². The second-order valence-corrected chi connectivity index (χ2v) is 11.2. The molecule has 0 bridgehead atoms. The minimum atomic E-state index is 0.0236. The van der Waals surface area contributed by atoms with Crippen molar-refractivity contribution < 1.29 is 19.3 Å². The third kappa shape index (κ3) is 5.03. The second-order valence-electron chi connectivity index (χ2n) is 11.2. The molecule has 222 valence electrons. The Balaban J connectivity index is 0.000000107. The summed E-state index contributed by atoms with van der Waals surface area (Å²) in [7, 11) is 0. The number of nitrogen functional groups attached to an aromatic ring is 1. The lowest BCUT2D eigenvalue weighted by Crippen LogP contribution is -2.41. The Labute approximate surface area is 250 Å². The largest absolute Gasteiger partial charge is 0.710 e. The number of rotatable bonds is 0. The highest BCUT2D eigenvalue weighted by atomic mass is 16.5. The van der Waals surface area contributed by atoms with Crippen molar-refractivity contribution in [2.45, 2.75) is 57.8 Å². The van der Waals surface area contributed by atoms with Gasteiger partial charge < -0.3 is 26.6 Å². The summed E-state index contributed by atoms with van der Waals surface area (Å²) >= 11 is 0. The van der Waals surface area contributed by atoms with E-state index in [4.69, 9.17) is 5.73 Å². The summed E-state index contributed by atoms with van der Waals surface area (Å²) in [5, 5.41) is 56.2. The van der Waals surface area contributed by atoms with Gasteiger partial charge in [-0.2, -0.15) is 0 Å². The Morgan fingerprint density at radius 2 is 1.02 bits per heavy atom. The first kappa shape index (κ1) is 27.3. The molecule has 0 saturated heterocycles. The minimum absolute atomic E-state index is 0.0236. The van der Waals surface area contributed by atoms with Crippen molar-refractivity contribution in [2.24, 2.45) is 0 Å². The van der Waals surface area contributed by atoms with Gasteiger partial charge in [-0.15, -0.1) is 0 Å². The zero-order chi connectivity index (χ0) is 30.4. The molecule has 0 atom stereocenters. The fraction of sp³-hybridized carbons (Fsp3) is 0.300. The number of fused-ring (bicyclic) bond motifs is 6. The molecule has 3 aliphatic carbocycles. The Morgan fingerprint density at radius 3 is 1.64 bits per heavy atom. The maximum atomic E-state index is 11.5. The molecule has 0 unspecified atom stereocenters. The maximum Gasteiger partial charge on any atom is 0.365 e. The smallest absolute Gasteiger partial charge is 0.365 e. The third-order valence-electron chi connectivity index (χ3n) is 8.47. The molecule has 0 saturated carbocycles. The highest BCUT2D eigenvalue weighted by Gasteiger charge is 2.21. The van der Waals surface area contributed by atoms with Gasteiger partial charge in [-0.1, -0.05) is 0 Å². The van der Waals surface area contributed by atoms with E-state index in [2.05, 4.69) is 25.3 Å². The predicted octanol–water partition coefficient (Wildman–Crippen LogP) is 1.08. The Kier molecular flexibility index (Phi) is 6.80. The van der Waals surface area contributed by atoms with Crippen LogP contribution in [-0.2, 0) is 38.5 Å². The fourth-order valence-electron chi connectivity index (χ4n) is 6.33. The number of hydrogen-bond acceptors (Lipinski definition) is 10. The van der Waals surface area contributed by atoms with Crippen LogP contribution in [0.2, 0.25) is 0 Å². The molecule has 0 fully saturated rings. The van der Waals surface area contributed by atoms with Crippen LogP contribution in [-0.4, -0.2) is 25.3 Å². The van der Waals surface area contributed by atoms with Gasteiger partial charge in [0.25, 0.3) is 17.0 Å². The molecule has 0 spiro atoms. The standard InChI is InChI=1S/C10H10N4O.C10H9N3O2.C10H9N3O/c11-10-12-8-4-6-2-1-3-7(6)5-9(8)14(15)13-10;14-12-6-11-13(15)10-5-8-3-1-2-7(8)4-9(10)12;14-13-10-5-8-3-1-2-7(8)4-9(10)11-6-12-13/h4-5H,1-3H2,(H2,11,12,13);4-6H,1-3H2;4-6H,1-3H2. The average Bonchev–Trinajstić information content (AvgIpc) is 3.78. The van der Waals surface area contributed by atoms with Crippen molar-refractivity contribution in [1.29, 1.82) is 0 Å². The molecule has 3 heterocycles. The first-order valence-corrected chi connectivity index (χ1v) is 14.5. The number of anilines is 1. The van der Waals surface area contributed by atoms with Crippen LogP contribution in [0.1, 0.15) is 52.6 Å². The zero-order valence-electron chi connectivity index (χ0n) is 23.7. The Morgan fingerprint density at radius 1 is 0.545 bits per heavy atom. The summed E-state index contributed by atoms with van der Waals surface area (Å²) in [5.74, 6) is 0.0236. The molecule has 3 aromatic carbocycles. The monoisotopic (exact) mass is 592 g/mol. The van der Waals surface area contributed by atoms with Crippen LogP contribution < -0.4 is 25.0 Å². The summed E-state index contributed by atoms with van der Waals surface area (Å²) < 4.78 is 0.641. The molecule has 2 N–H and O–H groups in total. The van der Waals surface area contributed by atoms with E-state index < -0.39 is 0 Å². The molecular formula is C30H28N10O4. The van der Waals surface area contributed by atoms with Crippen molar-refractivity contribution in [1.82, 2.24) is 25.3 Å². The summed E-state index contributed by atoms with van der Waals surface area (Å²) in [6.07, 6.45) is 12.0. The van der Waals surface area contributed by atoms with Gasteiger partial charge >= 0.3 is 11.8 Å². The third-order valence-corrected chi connectivity index (χ3v) is 8.47. The SMILES string of the molecule is Nc1nc2cc3c(cc2[n+]([O-])n1)CCC3.[O-][n+]1cn[n+]([O-])c2cc3c(cc21)CCC3.[O-][n+]1ncnc2cc3c(cc21)CCC3. The van der Waals surface area contributed by atoms with Gasteiger partial charge in [-0.05, 0) is 119 Å². The number of hydrogen-bond donors (Lipinski definition) is 1. The van der Waals surface area contributed by atoms with E-state index in [-0.39, 0.29) is 5.95 Å². The summed E-state index contributed by atoms with van der Waals surface area (Å²) in [6, 6.07) is 11.3. The minimum Gasteiger partial charge on any atom is -0.710 e. The summed E-state index contributed by atoms with van der Waals surface area (Å²) in [4.78, 5) is 9.84. The Hall–Kier alpha value is -5.53. The molecule has 3 aliphatic rings. The van der Waals surface area contributed by atoms with Crippen LogP contribution in [0.4, 0.5) is 5.95 Å². The van der Waals surface area contributed by atoms with Gasteiger partial charge in [-0.3, -0.25) is 0 Å². The van der Waals surface area contributed by atoms with Gasteiger partial charge in [0.15, 0.2) is 6.33 Å². The first-order chi connectivity index (χ1) is 21.3. The van der Waals surface area contributed by atoms with E-state index in [1.165, 1.54) is 46.1 Å². The fourth-order valence-corrected chi connectivity index (χ4v) is 6.33. The van der Waals surface area contributed by atoms with Crippen LogP contribution in [0.5, 0.6) is 0 Å². The quantitative estimate of drug-likeness (QED) is 0.197. The normalized spacial score (nSPS) is 14.5. The lowest BCUT2D eigenvalue weighted by molar-refractivity contribution is -0.680. The molecule has 44 heavy (non-hydrogen) atoms. The van der Waals surface area contributed by atoms with E-state index in [1.807, 2.05) is 24.3 Å². The highest BCUT2D eigenvalue weighted by Crippen LogP contribution is 2.26. The molecule has 14 heteroatoms. The van der Waals surface area contributed by atoms with Gasteiger partial charge in [-0.25, -0.2) is 14.7 Å². The number of nitrogens with two attached hydrogens (primary N) is 1. The zero-order valence-corrected chi connectivity index (χ0v) is 23.7. The number of aromatic nitrogens is 9. The second kappa shape index (κ2) is 10.9. The molecular weight excluding hydrogens is 564 g/mol. The van der Waals surface area contributed by atoms with Crippen molar-refractivity contribution in [3.8, 4) is 0 Å². The number of aryl methyl sites for hydroxylation is 6. The highest BCUT2D eigenvalue weighted by molar-refractivity contribution is 5.75. The van der Waals surface area contributed by atoms with E-state index in [0.717, 1.165) is 63.2 Å². The Bertz CT molecular complexity index is 2040. The van der Waals surface area contributed by atoms with Crippen molar-refractivity contribution in [3.05, 3.63) is 103 Å². The topological polar surface area (TPSA) is 198 Å². The molecule has 14 nitrogen and oxygen atoms in total. The van der Waals surface area contributed by atoms with Crippen molar-refractivity contribution in [2.75, 3.05) is 5.73 Å². The van der Waals surface area contributed by atoms with Crippen LogP contribution >= 0.6 is 0 Å². The van der Waals surface area contributed by atoms with Crippen molar-refractivity contribution >= 4 is 39.0 Å². The van der Waals surface area contributed by atoms with Crippen molar-refractivity contribution in [3.63, 3.8) is 0 Å². The van der Waals surface area contributed by atoms with Gasteiger partial charge in [0.1, 0.15) is 11.0 Å². The van der Waals surface area contributed by atoms with Crippen LogP contribution in [0.15, 0.2) is 49.1 Å². The van der Waals surface area contributed by atoms with Gasteiger partial charge in [0, 0.05) is 23.3 Å². The predicted molar refractivity (Wildman–Crippen MR) is 157 cm³/mol. The first-order valence-electron chi connectivity index (χ1n) is 14.5. The molecule has 3 aromatic heterocycles. The lowest BCUT2D eigenvalue weighted by atomic mass is 10.1. The van der Waals surface area contributed by atoms with E-state index in [0.29, 0.717) is 46.8 Å². The van der Waals surface area contributed by atoms with Gasteiger partial charge in [0.2, 0.25) is 10.6 Å². The van der Waals surface area contributed by atoms with E-state index >= 15 is 0 Å². The van der Waals surface area contributed by atoms with E-state index in [9.17, 15) is 20.8 Å². The summed E-state index contributed by atoms with van der Waals surface area (Å²) in [5.41, 5.74) is 16.1. The number of nitrogens with zero attached hydrogens (tertiary/aromatic N) is 9. The number of benzene rings is 3. The van der Waals surface area contributed by atoms with Crippen LogP contribution in [0.25, 0.3) is 33.1 Å².